The van der Waals surface area contributed by atoms with Gasteiger partial charge in [-0.1, -0.05) is 36.4 Å². The largest absolute Gasteiger partial charge is 0.491 e. The highest BCUT2D eigenvalue weighted by Gasteiger charge is 2.24. The van der Waals surface area contributed by atoms with Gasteiger partial charge in [0.05, 0.1) is 6.61 Å². The van der Waals surface area contributed by atoms with E-state index >= 15 is 0 Å². The minimum atomic E-state index is -0.212. The van der Waals surface area contributed by atoms with Crippen molar-refractivity contribution in [3.8, 4) is 16.9 Å². The number of benzene rings is 3. The predicted molar refractivity (Wildman–Crippen MR) is 135 cm³/mol. The zero-order valence-corrected chi connectivity index (χ0v) is 19.6. The fraction of sp³-hybridized carbons (Fsp3) is 0.179. The predicted octanol–water partition coefficient (Wildman–Crippen LogP) is 3.72. The molecule has 2 heterocycles. The lowest BCUT2D eigenvalue weighted by atomic mass is 9.99. The number of nitrogens with one attached hydrogen (secondary N) is 1. The summed E-state index contributed by atoms with van der Waals surface area (Å²) < 4.78 is 7.04. The van der Waals surface area contributed by atoms with Crippen molar-refractivity contribution in [2.24, 2.45) is 0 Å². The number of carbonyl (C=O) groups excluding carboxylic acids is 2. The van der Waals surface area contributed by atoms with Crippen LogP contribution in [0.3, 0.4) is 0 Å². The lowest BCUT2D eigenvalue weighted by Crippen LogP contribution is -2.29. The van der Waals surface area contributed by atoms with Gasteiger partial charge in [-0.3, -0.25) is 14.3 Å². The lowest BCUT2D eigenvalue weighted by Gasteiger charge is -2.15. The normalized spacial score (nSPS) is 12.3. The van der Waals surface area contributed by atoms with E-state index in [2.05, 4.69) is 10.4 Å². The van der Waals surface area contributed by atoms with Crippen LogP contribution in [0, 0.1) is 0 Å². The van der Waals surface area contributed by atoms with Gasteiger partial charge in [0.25, 0.3) is 5.91 Å². The van der Waals surface area contributed by atoms with Crippen LogP contribution in [0.25, 0.3) is 11.1 Å². The number of hydrogen-bond donors (Lipinski definition) is 2. The number of aliphatic hydroxyl groups is 1. The number of aliphatic hydroxyl groups excluding tert-OH is 1. The van der Waals surface area contributed by atoms with Gasteiger partial charge in [0, 0.05) is 36.7 Å². The summed E-state index contributed by atoms with van der Waals surface area (Å²) in [6.45, 7) is 1.43. The van der Waals surface area contributed by atoms with Crippen LogP contribution >= 0.6 is 0 Å². The standard InChI is InChI=1S/C28H26N4O4/c33-14-15-36-24-10-7-20(8-11-24)25-4-1-2-5-26(25)28(35)30-23-9-6-21-17-31(18-22(21)16-23)27(34)19-32-13-3-12-29-32/h1-13,16,33H,14-15,17-19H2,(H,30,35). The average molecular weight is 483 g/mol. The van der Waals surface area contributed by atoms with Crippen LogP contribution < -0.4 is 10.1 Å². The Labute approximate surface area is 208 Å². The van der Waals surface area contributed by atoms with Gasteiger partial charge in [0.15, 0.2) is 0 Å². The maximum atomic E-state index is 13.2. The van der Waals surface area contributed by atoms with Crippen molar-refractivity contribution in [2.45, 2.75) is 19.6 Å². The second-order valence-electron chi connectivity index (χ2n) is 8.53. The summed E-state index contributed by atoms with van der Waals surface area (Å²) in [5.74, 6) is 0.447. The third-order valence-corrected chi connectivity index (χ3v) is 6.09. The second kappa shape index (κ2) is 10.5. The van der Waals surface area contributed by atoms with Crippen molar-refractivity contribution >= 4 is 17.5 Å². The van der Waals surface area contributed by atoms with E-state index in [-0.39, 0.29) is 31.6 Å². The van der Waals surface area contributed by atoms with Crippen molar-refractivity contribution in [2.75, 3.05) is 18.5 Å². The van der Waals surface area contributed by atoms with Crippen LogP contribution in [0.1, 0.15) is 21.5 Å². The van der Waals surface area contributed by atoms with E-state index < -0.39 is 0 Å². The molecule has 1 aliphatic rings. The molecule has 1 aliphatic heterocycles. The molecule has 0 saturated carbocycles. The van der Waals surface area contributed by atoms with Gasteiger partial charge >= 0.3 is 0 Å². The van der Waals surface area contributed by atoms with Crippen molar-refractivity contribution in [3.05, 3.63) is 102 Å². The number of amides is 2. The summed E-state index contributed by atoms with van der Waals surface area (Å²) in [4.78, 5) is 27.7. The molecule has 2 N–H and O–H groups in total. The fourth-order valence-electron chi connectivity index (χ4n) is 4.31. The van der Waals surface area contributed by atoms with Gasteiger partial charge < -0.3 is 20.1 Å². The summed E-state index contributed by atoms with van der Waals surface area (Å²) >= 11 is 0. The highest BCUT2D eigenvalue weighted by Crippen LogP contribution is 2.29. The molecule has 0 spiro atoms. The molecule has 4 aromatic rings. The quantitative estimate of drug-likeness (QED) is 0.399. The van der Waals surface area contributed by atoms with E-state index in [4.69, 9.17) is 9.84 Å². The Bertz CT molecular complexity index is 1370. The van der Waals surface area contributed by atoms with E-state index in [1.165, 1.54) is 0 Å². The van der Waals surface area contributed by atoms with Gasteiger partial charge in [0.2, 0.25) is 5.91 Å². The Balaban J connectivity index is 1.28. The SMILES string of the molecule is O=C(Nc1ccc2c(c1)CN(C(=O)Cn1cccn1)C2)c1ccccc1-c1ccc(OCCO)cc1. The Morgan fingerprint density at radius 3 is 2.56 bits per heavy atom. The monoisotopic (exact) mass is 482 g/mol. The Hall–Kier alpha value is -4.43. The maximum absolute atomic E-state index is 13.2. The van der Waals surface area contributed by atoms with E-state index in [1.807, 2.05) is 60.7 Å². The van der Waals surface area contributed by atoms with E-state index in [0.29, 0.717) is 30.1 Å². The molecule has 0 atom stereocenters. The molecule has 1 aromatic heterocycles. The molecule has 8 nitrogen and oxygen atoms in total. The molecule has 8 heteroatoms. The maximum Gasteiger partial charge on any atom is 0.256 e. The van der Waals surface area contributed by atoms with Crippen LogP contribution in [0.5, 0.6) is 5.75 Å². The Kier molecular flexibility index (Phi) is 6.77. The summed E-state index contributed by atoms with van der Waals surface area (Å²) in [5.41, 5.74) is 5.03. The molecule has 3 aromatic carbocycles. The second-order valence-corrected chi connectivity index (χ2v) is 8.53. The summed E-state index contributed by atoms with van der Waals surface area (Å²) in [6.07, 6.45) is 3.42. The van der Waals surface area contributed by atoms with Crippen molar-refractivity contribution in [1.82, 2.24) is 14.7 Å². The van der Waals surface area contributed by atoms with Gasteiger partial charge in [-0.25, -0.2) is 0 Å². The molecule has 0 saturated heterocycles. The molecule has 182 valence electrons. The van der Waals surface area contributed by atoms with Crippen LogP contribution in [0.15, 0.2) is 85.2 Å². The first-order chi connectivity index (χ1) is 17.6. The third kappa shape index (κ3) is 5.13. The van der Waals surface area contributed by atoms with E-state index in [0.717, 1.165) is 22.3 Å². The number of hydrogen-bond acceptors (Lipinski definition) is 5. The van der Waals surface area contributed by atoms with Crippen molar-refractivity contribution in [3.63, 3.8) is 0 Å². The van der Waals surface area contributed by atoms with Crippen LogP contribution in [-0.4, -0.2) is 44.8 Å². The summed E-state index contributed by atoms with van der Waals surface area (Å²) in [6, 6.07) is 22.4. The number of anilines is 1. The van der Waals surface area contributed by atoms with Gasteiger partial charge in [-0.15, -0.1) is 0 Å². The molecular weight excluding hydrogens is 456 g/mol. The van der Waals surface area contributed by atoms with Crippen molar-refractivity contribution in [1.29, 1.82) is 0 Å². The molecule has 0 radical (unpaired) electrons. The number of ether oxygens (including phenoxy) is 1. The molecule has 36 heavy (non-hydrogen) atoms. The van der Waals surface area contributed by atoms with Gasteiger partial charge in [-0.2, -0.15) is 5.10 Å². The van der Waals surface area contributed by atoms with E-state index in [1.54, 1.807) is 34.1 Å². The fourth-order valence-corrected chi connectivity index (χ4v) is 4.31. The molecule has 0 bridgehead atoms. The molecule has 5 rings (SSSR count). The smallest absolute Gasteiger partial charge is 0.256 e. The summed E-state index contributed by atoms with van der Waals surface area (Å²) in [7, 11) is 0. The third-order valence-electron chi connectivity index (χ3n) is 6.09. The minimum Gasteiger partial charge on any atom is -0.491 e. The van der Waals surface area contributed by atoms with Gasteiger partial charge in [-0.05, 0) is 58.7 Å². The molecule has 0 fully saturated rings. The Morgan fingerprint density at radius 2 is 1.78 bits per heavy atom. The lowest BCUT2D eigenvalue weighted by molar-refractivity contribution is -0.132. The van der Waals surface area contributed by atoms with Crippen LogP contribution in [-0.2, 0) is 24.4 Å². The highest BCUT2D eigenvalue weighted by molar-refractivity contribution is 6.08. The topological polar surface area (TPSA) is 96.7 Å². The minimum absolute atomic E-state index is 0.00203. The first-order valence-electron chi connectivity index (χ1n) is 11.7. The van der Waals surface area contributed by atoms with Crippen molar-refractivity contribution < 1.29 is 19.4 Å². The first-order valence-corrected chi connectivity index (χ1v) is 11.7. The molecule has 0 aliphatic carbocycles. The zero-order valence-electron chi connectivity index (χ0n) is 19.6. The summed E-state index contributed by atoms with van der Waals surface area (Å²) in [5, 5.41) is 16.0. The first kappa shape index (κ1) is 23.3. The van der Waals surface area contributed by atoms with Crippen LogP contribution in [0.2, 0.25) is 0 Å². The molecule has 2 amide bonds. The number of fused-ring (bicyclic) bond motifs is 1. The number of rotatable bonds is 8. The highest BCUT2D eigenvalue weighted by atomic mass is 16.5. The van der Waals surface area contributed by atoms with E-state index in [9.17, 15) is 9.59 Å². The zero-order chi connectivity index (χ0) is 24.9. The average Bonchev–Trinajstić information content (AvgIpc) is 3.57. The van der Waals surface area contributed by atoms with Crippen LogP contribution in [0.4, 0.5) is 5.69 Å². The number of nitrogens with zero attached hydrogens (tertiary/aromatic N) is 3. The molecule has 0 unspecified atom stereocenters. The number of carbonyl (C=O) groups is 2. The Morgan fingerprint density at radius 1 is 0.972 bits per heavy atom. The number of aromatic nitrogens is 2. The molecular formula is C28H26N4O4. The van der Waals surface area contributed by atoms with Gasteiger partial charge in [0.1, 0.15) is 18.9 Å².